The number of carbonyl (C=O) groups is 1. The molecule has 1 N–H and O–H groups in total. The standard InChI is InChI=1S/C20H28FN3O4S/c1-13-6-9-16(21)15(10-13)20(5)12-29(26,27)24(11-14-7-8-14)17(23-20)22-18(25)28-19(2,3)4/h6,9-10,14H,7-8,11-12H2,1-5H3,(H,22,23,25)/t20-/m0/s1. The van der Waals surface area contributed by atoms with Gasteiger partial charge in [-0.3, -0.25) is 5.32 Å². The lowest BCUT2D eigenvalue weighted by molar-refractivity contribution is 0.0558. The second-order valence-electron chi connectivity index (χ2n) is 9.05. The number of benzene rings is 1. The van der Waals surface area contributed by atoms with Crippen molar-refractivity contribution in [3.63, 3.8) is 0 Å². The molecular weight excluding hydrogens is 397 g/mol. The van der Waals surface area contributed by atoms with Gasteiger partial charge in [0.1, 0.15) is 17.0 Å². The molecular formula is C20H28FN3O4S. The first-order valence-electron chi connectivity index (χ1n) is 9.66. The number of halogens is 1. The number of aliphatic imine (C=N–C) groups is 1. The molecule has 3 rings (SSSR count). The minimum absolute atomic E-state index is 0.124. The predicted octanol–water partition coefficient (Wildman–Crippen LogP) is 3.29. The number of ether oxygens (including phenoxy) is 1. The zero-order valence-corrected chi connectivity index (χ0v) is 18.3. The fourth-order valence-corrected chi connectivity index (χ4v) is 5.17. The van der Waals surface area contributed by atoms with Gasteiger partial charge in [0.25, 0.3) is 0 Å². The number of hydrogen-bond acceptors (Lipinski definition) is 5. The maximum absolute atomic E-state index is 14.6. The van der Waals surface area contributed by atoms with Crippen LogP contribution in [0.2, 0.25) is 0 Å². The zero-order chi connectivity index (χ0) is 21.6. The number of alkyl carbamates (subject to hydrolysis) is 1. The Bertz CT molecular complexity index is 951. The number of aryl methyl sites for hydroxylation is 1. The van der Waals surface area contributed by atoms with E-state index in [-0.39, 0.29) is 29.7 Å². The molecule has 0 aromatic heterocycles. The van der Waals surface area contributed by atoms with Gasteiger partial charge in [-0.15, -0.1) is 0 Å². The first-order chi connectivity index (χ1) is 13.3. The Kier molecular flexibility index (Phi) is 5.40. The zero-order valence-electron chi connectivity index (χ0n) is 17.5. The van der Waals surface area contributed by atoms with Crippen molar-refractivity contribution in [2.45, 2.75) is 58.6 Å². The Labute approximate surface area is 171 Å². The summed E-state index contributed by atoms with van der Waals surface area (Å²) in [6, 6.07) is 4.51. The minimum atomic E-state index is -3.84. The van der Waals surface area contributed by atoms with Crippen molar-refractivity contribution in [3.8, 4) is 0 Å². The first kappa shape index (κ1) is 21.5. The van der Waals surface area contributed by atoms with Crippen molar-refractivity contribution in [3.05, 3.63) is 35.1 Å². The molecule has 1 fully saturated rings. The van der Waals surface area contributed by atoms with Crippen molar-refractivity contribution in [2.75, 3.05) is 12.3 Å². The summed E-state index contributed by atoms with van der Waals surface area (Å²) < 4.78 is 47.3. The third kappa shape index (κ3) is 5.07. The number of nitrogens with one attached hydrogen (secondary N) is 1. The molecule has 7 nitrogen and oxygen atoms in total. The lowest BCUT2D eigenvalue weighted by atomic mass is 9.93. The largest absolute Gasteiger partial charge is 0.444 e. The van der Waals surface area contributed by atoms with E-state index in [1.54, 1.807) is 46.8 Å². The average molecular weight is 426 g/mol. The van der Waals surface area contributed by atoms with Gasteiger partial charge in [0.15, 0.2) is 0 Å². The van der Waals surface area contributed by atoms with Crippen LogP contribution in [0.5, 0.6) is 0 Å². The summed E-state index contributed by atoms with van der Waals surface area (Å²) in [6.45, 7) is 8.73. The number of nitrogens with zero attached hydrogens (tertiary/aromatic N) is 2. The third-order valence-electron chi connectivity index (χ3n) is 4.82. The van der Waals surface area contributed by atoms with Gasteiger partial charge < -0.3 is 4.74 Å². The summed E-state index contributed by atoms with van der Waals surface area (Å²) >= 11 is 0. The molecule has 0 spiro atoms. The lowest BCUT2D eigenvalue weighted by Crippen LogP contribution is -2.56. The molecule has 0 bridgehead atoms. The van der Waals surface area contributed by atoms with Gasteiger partial charge in [-0.2, -0.15) is 0 Å². The normalized spacial score (nSPS) is 24.1. The topological polar surface area (TPSA) is 88.1 Å². The Hall–Kier alpha value is -2.16. The maximum Gasteiger partial charge on any atom is 0.414 e. The van der Waals surface area contributed by atoms with Crippen molar-refractivity contribution in [2.24, 2.45) is 10.9 Å². The highest BCUT2D eigenvalue weighted by atomic mass is 32.2. The summed E-state index contributed by atoms with van der Waals surface area (Å²) in [5.41, 5.74) is -1.17. The van der Waals surface area contributed by atoms with Gasteiger partial charge in [-0.1, -0.05) is 17.7 Å². The summed E-state index contributed by atoms with van der Waals surface area (Å²) in [5, 5.41) is 2.49. The number of guanidine groups is 1. The number of hydrogen-bond donors (Lipinski definition) is 1. The fourth-order valence-electron chi connectivity index (χ4n) is 3.30. The number of amides is 1. The van der Waals surface area contributed by atoms with Crippen LogP contribution in [0.1, 0.15) is 51.7 Å². The number of carbonyl (C=O) groups excluding carboxylic acids is 1. The Balaban J connectivity index is 2.04. The highest BCUT2D eigenvalue weighted by Gasteiger charge is 2.45. The van der Waals surface area contributed by atoms with Gasteiger partial charge in [-0.25, -0.2) is 26.9 Å². The summed E-state index contributed by atoms with van der Waals surface area (Å²) in [4.78, 5) is 16.9. The second kappa shape index (κ2) is 7.27. The third-order valence-corrected chi connectivity index (χ3v) is 6.74. The minimum Gasteiger partial charge on any atom is -0.444 e. The molecule has 9 heteroatoms. The molecule has 1 amide bonds. The van der Waals surface area contributed by atoms with Crippen molar-refractivity contribution in [1.29, 1.82) is 0 Å². The van der Waals surface area contributed by atoms with Crippen molar-refractivity contribution >= 4 is 22.1 Å². The molecule has 0 radical (unpaired) electrons. The van der Waals surface area contributed by atoms with Gasteiger partial charge in [0.2, 0.25) is 16.0 Å². The predicted molar refractivity (Wildman–Crippen MR) is 109 cm³/mol. The van der Waals surface area contributed by atoms with Crippen molar-refractivity contribution in [1.82, 2.24) is 9.62 Å². The Morgan fingerprint density at radius 3 is 2.62 bits per heavy atom. The van der Waals surface area contributed by atoms with Crippen LogP contribution in [0.25, 0.3) is 0 Å². The van der Waals surface area contributed by atoms with Gasteiger partial charge in [0.05, 0.1) is 5.75 Å². The van der Waals surface area contributed by atoms with E-state index in [4.69, 9.17) is 4.74 Å². The van der Waals surface area contributed by atoms with E-state index in [2.05, 4.69) is 10.3 Å². The smallest absolute Gasteiger partial charge is 0.414 e. The second-order valence-corrected chi connectivity index (χ2v) is 10.9. The quantitative estimate of drug-likeness (QED) is 0.805. The monoisotopic (exact) mass is 425 g/mol. The van der Waals surface area contributed by atoms with E-state index in [1.165, 1.54) is 6.07 Å². The molecule has 0 unspecified atom stereocenters. The van der Waals surface area contributed by atoms with Crippen LogP contribution in [0.3, 0.4) is 0 Å². The van der Waals surface area contributed by atoms with Crippen LogP contribution in [0.4, 0.5) is 9.18 Å². The van der Waals surface area contributed by atoms with Crippen LogP contribution in [0.15, 0.2) is 23.2 Å². The van der Waals surface area contributed by atoms with E-state index >= 15 is 0 Å². The molecule has 29 heavy (non-hydrogen) atoms. The molecule has 160 valence electrons. The summed E-state index contributed by atoms with van der Waals surface area (Å²) in [5.74, 6) is -0.812. The number of sulfonamides is 1. The van der Waals surface area contributed by atoms with Gasteiger partial charge in [-0.05, 0) is 59.4 Å². The molecule has 1 aromatic carbocycles. The summed E-state index contributed by atoms with van der Waals surface area (Å²) in [7, 11) is -3.84. The SMILES string of the molecule is Cc1ccc(F)c([C@]2(C)CS(=O)(=O)N(CC3CC3)C(NC(=O)OC(C)(C)C)=N2)c1. The van der Waals surface area contributed by atoms with E-state index in [0.29, 0.717) is 0 Å². The molecule has 1 atom stereocenters. The van der Waals surface area contributed by atoms with Crippen LogP contribution in [0, 0.1) is 18.7 Å². The highest BCUT2D eigenvalue weighted by molar-refractivity contribution is 7.89. The number of rotatable bonds is 3. The van der Waals surface area contributed by atoms with Crippen LogP contribution >= 0.6 is 0 Å². The molecule has 1 saturated carbocycles. The van der Waals surface area contributed by atoms with E-state index < -0.39 is 33.1 Å². The van der Waals surface area contributed by atoms with E-state index in [9.17, 15) is 17.6 Å². The Morgan fingerprint density at radius 2 is 2.03 bits per heavy atom. The molecule has 1 heterocycles. The fraction of sp³-hybridized carbons (Fsp3) is 0.600. The molecule has 1 aliphatic heterocycles. The molecule has 2 aliphatic rings. The van der Waals surface area contributed by atoms with E-state index in [1.807, 2.05) is 0 Å². The molecule has 1 aromatic rings. The first-order valence-corrected chi connectivity index (χ1v) is 11.3. The Morgan fingerprint density at radius 1 is 1.38 bits per heavy atom. The molecule has 1 aliphatic carbocycles. The lowest BCUT2D eigenvalue weighted by Gasteiger charge is -2.38. The van der Waals surface area contributed by atoms with Crippen LogP contribution in [-0.2, 0) is 20.3 Å². The van der Waals surface area contributed by atoms with Crippen LogP contribution < -0.4 is 5.32 Å². The van der Waals surface area contributed by atoms with Gasteiger partial charge >= 0.3 is 6.09 Å². The molecule has 0 saturated heterocycles. The average Bonchev–Trinajstić information content (AvgIpc) is 3.35. The van der Waals surface area contributed by atoms with Crippen LogP contribution in [-0.4, -0.2) is 42.7 Å². The maximum atomic E-state index is 14.6. The van der Waals surface area contributed by atoms with Gasteiger partial charge in [0, 0.05) is 12.1 Å². The van der Waals surface area contributed by atoms with Crippen molar-refractivity contribution < 1.29 is 22.3 Å². The highest BCUT2D eigenvalue weighted by Crippen LogP contribution is 2.37. The van der Waals surface area contributed by atoms with E-state index in [0.717, 1.165) is 22.7 Å². The summed E-state index contributed by atoms with van der Waals surface area (Å²) in [6.07, 6.45) is 1.05.